The third-order valence-corrected chi connectivity index (χ3v) is 1.19. The first-order chi connectivity index (χ1) is 4.66. The fraction of sp³-hybridized carbons (Fsp3) is 0.625. The van der Waals surface area contributed by atoms with Crippen molar-refractivity contribution in [2.24, 2.45) is 5.92 Å². The van der Waals surface area contributed by atoms with E-state index in [1.165, 1.54) is 6.92 Å². The van der Waals surface area contributed by atoms with Gasteiger partial charge in [0.15, 0.2) is 0 Å². The molecule has 58 valence electrons. The standard InChI is InChI=1S/C8H15NO/c1-4-5-7(2)6-9-8(3)10/h4-5,7H,6H2,1-3H3,(H,9,10)/b5-4-. The van der Waals surface area contributed by atoms with Gasteiger partial charge in [-0.05, 0) is 12.8 Å². The molecule has 1 N–H and O–H groups in total. The van der Waals surface area contributed by atoms with E-state index in [4.69, 9.17) is 0 Å². The predicted molar refractivity (Wildman–Crippen MR) is 42.7 cm³/mol. The molecule has 1 unspecified atom stereocenters. The van der Waals surface area contributed by atoms with Crippen molar-refractivity contribution in [3.05, 3.63) is 12.2 Å². The predicted octanol–water partition coefficient (Wildman–Crippen LogP) is 1.33. The summed E-state index contributed by atoms with van der Waals surface area (Å²) in [6, 6.07) is 0. The number of allylic oxidation sites excluding steroid dienone is 1. The van der Waals surface area contributed by atoms with Crippen LogP contribution in [0.15, 0.2) is 12.2 Å². The molecule has 0 aliphatic carbocycles. The van der Waals surface area contributed by atoms with Gasteiger partial charge in [-0.25, -0.2) is 0 Å². The number of nitrogens with one attached hydrogen (secondary N) is 1. The lowest BCUT2D eigenvalue weighted by molar-refractivity contribution is -0.119. The summed E-state index contributed by atoms with van der Waals surface area (Å²) in [5.41, 5.74) is 0. The highest BCUT2D eigenvalue weighted by atomic mass is 16.1. The zero-order valence-electron chi connectivity index (χ0n) is 6.85. The third kappa shape index (κ3) is 5.35. The van der Waals surface area contributed by atoms with E-state index in [1.54, 1.807) is 0 Å². The van der Waals surface area contributed by atoms with E-state index >= 15 is 0 Å². The number of hydrogen-bond donors (Lipinski definition) is 1. The number of hydrogen-bond acceptors (Lipinski definition) is 1. The average Bonchev–Trinajstić information content (AvgIpc) is 1.85. The maximum absolute atomic E-state index is 10.4. The van der Waals surface area contributed by atoms with Crippen molar-refractivity contribution in [1.29, 1.82) is 0 Å². The summed E-state index contributed by atoms with van der Waals surface area (Å²) < 4.78 is 0. The van der Waals surface area contributed by atoms with Crippen molar-refractivity contribution in [2.75, 3.05) is 6.54 Å². The summed E-state index contributed by atoms with van der Waals surface area (Å²) in [6.45, 7) is 6.31. The molecule has 0 saturated carbocycles. The highest BCUT2D eigenvalue weighted by Crippen LogP contribution is 1.93. The molecule has 0 spiro atoms. The van der Waals surface area contributed by atoms with Crippen LogP contribution in [0.4, 0.5) is 0 Å². The molecule has 0 bridgehead atoms. The Balaban J connectivity index is 3.39. The van der Waals surface area contributed by atoms with Crippen molar-refractivity contribution in [3.63, 3.8) is 0 Å². The summed E-state index contributed by atoms with van der Waals surface area (Å²) in [5, 5.41) is 2.74. The first kappa shape index (κ1) is 9.21. The molecular formula is C8H15NO. The van der Waals surface area contributed by atoms with Gasteiger partial charge in [-0.15, -0.1) is 0 Å². The van der Waals surface area contributed by atoms with Crippen LogP contribution in [-0.2, 0) is 4.79 Å². The van der Waals surface area contributed by atoms with E-state index in [0.717, 1.165) is 6.54 Å². The molecule has 1 atom stereocenters. The zero-order chi connectivity index (χ0) is 7.98. The number of carbonyl (C=O) groups excluding carboxylic acids is 1. The van der Waals surface area contributed by atoms with Crippen molar-refractivity contribution < 1.29 is 4.79 Å². The third-order valence-electron chi connectivity index (χ3n) is 1.19. The summed E-state index contributed by atoms with van der Waals surface area (Å²) in [7, 11) is 0. The lowest BCUT2D eigenvalue weighted by atomic mass is 10.1. The zero-order valence-corrected chi connectivity index (χ0v) is 6.85. The first-order valence-electron chi connectivity index (χ1n) is 3.54. The number of carbonyl (C=O) groups is 1. The van der Waals surface area contributed by atoms with Crippen LogP contribution in [0.5, 0.6) is 0 Å². The molecule has 0 aliphatic heterocycles. The highest BCUT2D eigenvalue weighted by molar-refractivity contribution is 5.72. The monoisotopic (exact) mass is 141 g/mol. The fourth-order valence-electron chi connectivity index (χ4n) is 0.701. The molecule has 0 radical (unpaired) electrons. The lowest BCUT2D eigenvalue weighted by Crippen LogP contribution is -2.24. The topological polar surface area (TPSA) is 29.1 Å². The van der Waals surface area contributed by atoms with Crippen LogP contribution in [-0.4, -0.2) is 12.5 Å². The van der Waals surface area contributed by atoms with Gasteiger partial charge in [0.25, 0.3) is 0 Å². The minimum absolute atomic E-state index is 0.0383. The molecule has 2 heteroatoms. The molecule has 0 aliphatic rings. The van der Waals surface area contributed by atoms with Gasteiger partial charge in [-0.2, -0.15) is 0 Å². The molecule has 0 rings (SSSR count). The smallest absolute Gasteiger partial charge is 0.216 e. The van der Waals surface area contributed by atoms with Crippen LogP contribution >= 0.6 is 0 Å². The van der Waals surface area contributed by atoms with Gasteiger partial charge >= 0.3 is 0 Å². The van der Waals surface area contributed by atoms with Gasteiger partial charge in [0.1, 0.15) is 0 Å². The van der Waals surface area contributed by atoms with Crippen molar-refractivity contribution in [3.8, 4) is 0 Å². The van der Waals surface area contributed by atoms with E-state index in [1.807, 2.05) is 13.0 Å². The molecule has 2 nitrogen and oxygen atoms in total. The van der Waals surface area contributed by atoms with Crippen molar-refractivity contribution in [1.82, 2.24) is 5.32 Å². The van der Waals surface area contributed by atoms with Gasteiger partial charge in [-0.3, -0.25) is 4.79 Å². The van der Waals surface area contributed by atoms with E-state index < -0.39 is 0 Å². The molecule has 0 saturated heterocycles. The van der Waals surface area contributed by atoms with Crippen molar-refractivity contribution >= 4 is 5.91 Å². The summed E-state index contributed by atoms with van der Waals surface area (Å²) >= 11 is 0. The normalized spacial score (nSPS) is 13.5. The Labute approximate surface area is 62.3 Å². The quantitative estimate of drug-likeness (QED) is 0.590. The summed E-state index contributed by atoms with van der Waals surface area (Å²) in [6.07, 6.45) is 4.06. The van der Waals surface area contributed by atoms with Crippen LogP contribution in [0.3, 0.4) is 0 Å². The summed E-state index contributed by atoms with van der Waals surface area (Å²) in [5.74, 6) is 0.477. The van der Waals surface area contributed by atoms with E-state index in [-0.39, 0.29) is 5.91 Å². The molecule has 10 heavy (non-hydrogen) atoms. The largest absolute Gasteiger partial charge is 0.356 e. The Morgan fingerprint density at radius 3 is 2.70 bits per heavy atom. The summed E-state index contributed by atoms with van der Waals surface area (Å²) in [4.78, 5) is 10.4. The highest BCUT2D eigenvalue weighted by Gasteiger charge is 1.95. The number of amides is 1. The minimum atomic E-state index is 0.0383. The molecular weight excluding hydrogens is 126 g/mol. The molecule has 0 aromatic carbocycles. The van der Waals surface area contributed by atoms with Crippen LogP contribution < -0.4 is 5.32 Å². The molecule has 0 aromatic rings. The lowest BCUT2D eigenvalue weighted by Gasteiger charge is -2.05. The van der Waals surface area contributed by atoms with Gasteiger partial charge < -0.3 is 5.32 Å². The second-order valence-corrected chi connectivity index (χ2v) is 2.44. The van der Waals surface area contributed by atoms with Crippen LogP contribution in [0.2, 0.25) is 0 Å². The van der Waals surface area contributed by atoms with Gasteiger partial charge in [0.2, 0.25) is 5.91 Å². The molecule has 0 heterocycles. The second kappa shape index (κ2) is 5.03. The van der Waals surface area contributed by atoms with Crippen LogP contribution in [0, 0.1) is 5.92 Å². The maximum atomic E-state index is 10.4. The van der Waals surface area contributed by atoms with E-state index in [2.05, 4.69) is 18.3 Å². The van der Waals surface area contributed by atoms with E-state index in [9.17, 15) is 4.79 Å². The Hall–Kier alpha value is -0.790. The van der Waals surface area contributed by atoms with Crippen molar-refractivity contribution in [2.45, 2.75) is 20.8 Å². The number of rotatable bonds is 3. The second-order valence-electron chi connectivity index (χ2n) is 2.44. The Morgan fingerprint density at radius 1 is 1.70 bits per heavy atom. The van der Waals surface area contributed by atoms with Gasteiger partial charge in [0.05, 0.1) is 0 Å². The Morgan fingerprint density at radius 2 is 2.30 bits per heavy atom. The molecule has 0 fully saturated rings. The van der Waals surface area contributed by atoms with Crippen LogP contribution in [0.1, 0.15) is 20.8 Å². The Bertz CT molecular complexity index is 129. The van der Waals surface area contributed by atoms with Gasteiger partial charge in [-0.1, -0.05) is 19.1 Å². The Kier molecular flexibility index (Phi) is 4.63. The maximum Gasteiger partial charge on any atom is 0.216 e. The first-order valence-corrected chi connectivity index (χ1v) is 3.54. The minimum Gasteiger partial charge on any atom is -0.356 e. The SMILES string of the molecule is C/C=C\C(C)CNC(C)=O. The molecule has 0 aromatic heterocycles. The van der Waals surface area contributed by atoms with E-state index in [0.29, 0.717) is 5.92 Å². The average molecular weight is 141 g/mol. The fourth-order valence-corrected chi connectivity index (χ4v) is 0.701. The van der Waals surface area contributed by atoms with Crippen LogP contribution in [0.25, 0.3) is 0 Å². The van der Waals surface area contributed by atoms with Gasteiger partial charge in [0, 0.05) is 13.5 Å². The molecule has 1 amide bonds.